The highest BCUT2D eigenvalue weighted by Gasteiger charge is 2.17. The first kappa shape index (κ1) is 14.1. The summed E-state index contributed by atoms with van der Waals surface area (Å²) in [5.41, 5.74) is 0. The van der Waals surface area contributed by atoms with Crippen molar-refractivity contribution in [3.63, 3.8) is 0 Å². The van der Waals surface area contributed by atoms with Crippen LogP contribution in [0.3, 0.4) is 0 Å². The van der Waals surface area contributed by atoms with Gasteiger partial charge >= 0.3 is 5.97 Å². The molecule has 2 heterocycles. The molecule has 0 saturated heterocycles. The van der Waals surface area contributed by atoms with Gasteiger partial charge in [0.2, 0.25) is 0 Å². The zero-order chi connectivity index (χ0) is 14.5. The van der Waals surface area contributed by atoms with Crippen molar-refractivity contribution in [2.75, 3.05) is 13.6 Å². The van der Waals surface area contributed by atoms with Crippen LogP contribution in [0.5, 0.6) is 0 Å². The van der Waals surface area contributed by atoms with Gasteiger partial charge in [-0.25, -0.2) is 15.0 Å². The van der Waals surface area contributed by atoms with Gasteiger partial charge in [-0.15, -0.1) is 11.3 Å². The third-order valence-corrected chi connectivity index (χ3v) is 3.46. The number of rotatable bonds is 5. The standard InChI is InChI=1S/C12H12N4O3S/c1-16(6-3-9(17)18)12(19)8-7-15-11(20-8)10-13-4-2-5-14-10/h2,4-5,7H,3,6H2,1H3,(H,17,18). The monoisotopic (exact) mass is 292 g/mol. The van der Waals surface area contributed by atoms with Crippen LogP contribution in [0, 0.1) is 0 Å². The maximum atomic E-state index is 12.1. The summed E-state index contributed by atoms with van der Waals surface area (Å²) < 4.78 is 0. The molecule has 0 fully saturated rings. The molecule has 0 spiro atoms. The second-order valence-corrected chi connectivity index (χ2v) is 5.00. The summed E-state index contributed by atoms with van der Waals surface area (Å²) in [4.78, 5) is 36.6. The summed E-state index contributed by atoms with van der Waals surface area (Å²) in [5, 5.41) is 9.16. The average Bonchev–Trinajstić information content (AvgIpc) is 2.94. The summed E-state index contributed by atoms with van der Waals surface area (Å²) >= 11 is 1.18. The number of carbonyl (C=O) groups is 2. The van der Waals surface area contributed by atoms with Crippen LogP contribution in [0.4, 0.5) is 0 Å². The minimum Gasteiger partial charge on any atom is -0.481 e. The maximum Gasteiger partial charge on any atom is 0.305 e. The molecule has 0 unspecified atom stereocenters. The number of aliphatic carboxylic acids is 1. The molecule has 20 heavy (non-hydrogen) atoms. The predicted molar refractivity (Wildman–Crippen MR) is 72.4 cm³/mol. The van der Waals surface area contributed by atoms with E-state index >= 15 is 0 Å². The van der Waals surface area contributed by atoms with Crippen LogP contribution < -0.4 is 0 Å². The molecule has 1 N–H and O–H groups in total. The molecule has 0 aromatic carbocycles. The lowest BCUT2D eigenvalue weighted by atomic mass is 10.4. The van der Waals surface area contributed by atoms with Gasteiger partial charge in [-0.05, 0) is 6.07 Å². The van der Waals surface area contributed by atoms with E-state index < -0.39 is 5.97 Å². The van der Waals surface area contributed by atoms with E-state index in [9.17, 15) is 9.59 Å². The number of carboxylic acid groups (broad SMARTS) is 1. The fraction of sp³-hybridized carbons (Fsp3) is 0.250. The second-order valence-electron chi connectivity index (χ2n) is 3.97. The Kier molecular flexibility index (Phi) is 4.36. The molecule has 104 valence electrons. The largest absolute Gasteiger partial charge is 0.481 e. The van der Waals surface area contributed by atoms with Crippen molar-refractivity contribution >= 4 is 23.2 Å². The van der Waals surface area contributed by atoms with E-state index in [1.54, 1.807) is 25.5 Å². The molecule has 0 saturated carbocycles. The van der Waals surface area contributed by atoms with Crippen molar-refractivity contribution in [2.45, 2.75) is 6.42 Å². The molecule has 0 aliphatic rings. The lowest BCUT2D eigenvalue weighted by Gasteiger charge is -2.14. The zero-order valence-electron chi connectivity index (χ0n) is 10.7. The van der Waals surface area contributed by atoms with Crippen molar-refractivity contribution in [3.05, 3.63) is 29.5 Å². The number of amides is 1. The predicted octanol–water partition coefficient (Wildman–Crippen LogP) is 1.15. The number of hydrogen-bond donors (Lipinski definition) is 1. The Labute approximate surface area is 118 Å². The maximum absolute atomic E-state index is 12.1. The van der Waals surface area contributed by atoms with E-state index in [1.165, 1.54) is 22.4 Å². The Hall–Kier alpha value is -2.35. The number of nitrogens with zero attached hydrogens (tertiary/aromatic N) is 4. The molecule has 0 atom stereocenters. The molecule has 8 heteroatoms. The summed E-state index contributed by atoms with van der Waals surface area (Å²) in [6.07, 6.45) is 4.57. The van der Waals surface area contributed by atoms with Crippen molar-refractivity contribution < 1.29 is 14.7 Å². The van der Waals surface area contributed by atoms with E-state index in [0.717, 1.165) is 0 Å². The van der Waals surface area contributed by atoms with Gasteiger partial charge in [-0.2, -0.15) is 0 Å². The first-order valence-electron chi connectivity index (χ1n) is 5.78. The first-order chi connectivity index (χ1) is 9.58. The number of carbonyl (C=O) groups excluding carboxylic acids is 1. The zero-order valence-corrected chi connectivity index (χ0v) is 11.5. The number of aromatic nitrogens is 3. The topological polar surface area (TPSA) is 96.3 Å². The van der Waals surface area contributed by atoms with Crippen LogP contribution in [0.15, 0.2) is 24.7 Å². The first-order valence-corrected chi connectivity index (χ1v) is 6.60. The second kappa shape index (κ2) is 6.20. The highest BCUT2D eigenvalue weighted by molar-refractivity contribution is 7.16. The van der Waals surface area contributed by atoms with Gasteiger partial charge in [0.1, 0.15) is 4.88 Å². The smallest absolute Gasteiger partial charge is 0.305 e. The van der Waals surface area contributed by atoms with Crippen LogP contribution in [-0.2, 0) is 4.79 Å². The molecule has 7 nitrogen and oxygen atoms in total. The van der Waals surface area contributed by atoms with Crippen LogP contribution in [0.25, 0.3) is 10.8 Å². The fourth-order valence-electron chi connectivity index (χ4n) is 1.44. The summed E-state index contributed by atoms with van der Waals surface area (Å²) in [7, 11) is 1.56. The Morgan fingerprint density at radius 2 is 2.00 bits per heavy atom. The molecule has 2 aromatic rings. The third kappa shape index (κ3) is 3.35. The fourth-order valence-corrected chi connectivity index (χ4v) is 2.30. The number of thiazole rings is 1. The average molecular weight is 292 g/mol. The Morgan fingerprint density at radius 1 is 1.30 bits per heavy atom. The van der Waals surface area contributed by atoms with E-state index in [2.05, 4.69) is 15.0 Å². The Morgan fingerprint density at radius 3 is 2.65 bits per heavy atom. The van der Waals surface area contributed by atoms with Crippen molar-refractivity contribution in [1.29, 1.82) is 0 Å². The van der Waals surface area contributed by atoms with E-state index in [0.29, 0.717) is 15.7 Å². The van der Waals surface area contributed by atoms with Gasteiger partial charge in [0.05, 0.1) is 12.6 Å². The lowest BCUT2D eigenvalue weighted by molar-refractivity contribution is -0.137. The molecule has 0 radical (unpaired) electrons. The number of carboxylic acids is 1. The molecular weight excluding hydrogens is 280 g/mol. The van der Waals surface area contributed by atoms with Crippen molar-refractivity contribution in [2.24, 2.45) is 0 Å². The molecule has 0 bridgehead atoms. The highest BCUT2D eigenvalue weighted by atomic mass is 32.1. The summed E-state index contributed by atoms with van der Waals surface area (Å²) in [6, 6.07) is 1.70. The minimum atomic E-state index is -0.938. The Balaban J connectivity index is 2.08. The summed E-state index contributed by atoms with van der Waals surface area (Å²) in [5.74, 6) is -0.733. The SMILES string of the molecule is CN(CCC(=O)O)C(=O)c1cnc(-c2ncccn2)s1. The van der Waals surface area contributed by atoms with Gasteiger partial charge < -0.3 is 10.0 Å². The lowest BCUT2D eigenvalue weighted by Crippen LogP contribution is -2.28. The van der Waals surface area contributed by atoms with E-state index in [-0.39, 0.29) is 18.9 Å². The molecule has 1 amide bonds. The quantitative estimate of drug-likeness (QED) is 0.888. The van der Waals surface area contributed by atoms with E-state index in [1.807, 2.05) is 0 Å². The molecule has 0 aliphatic carbocycles. The minimum absolute atomic E-state index is 0.0876. The Bertz CT molecular complexity index is 614. The highest BCUT2D eigenvalue weighted by Crippen LogP contribution is 2.22. The van der Waals surface area contributed by atoms with Gasteiger partial charge in [-0.1, -0.05) is 0 Å². The van der Waals surface area contributed by atoms with Gasteiger partial charge in [0.25, 0.3) is 5.91 Å². The molecule has 2 rings (SSSR count). The van der Waals surface area contributed by atoms with Crippen molar-refractivity contribution in [1.82, 2.24) is 19.9 Å². The van der Waals surface area contributed by atoms with E-state index in [4.69, 9.17) is 5.11 Å². The number of hydrogen-bond acceptors (Lipinski definition) is 6. The molecule has 2 aromatic heterocycles. The van der Waals surface area contributed by atoms with Gasteiger partial charge in [-0.3, -0.25) is 9.59 Å². The molecule has 0 aliphatic heterocycles. The molecular formula is C12H12N4O3S. The van der Waals surface area contributed by atoms with Crippen LogP contribution in [0.2, 0.25) is 0 Å². The van der Waals surface area contributed by atoms with Gasteiger partial charge in [0, 0.05) is 26.0 Å². The van der Waals surface area contributed by atoms with Crippen LogP contribution in [0.1, 0.15) is 16.1 Å². The van der Waals surface area contributed by atoms with Crippen molar-refractivity contribution in [3.8, 4) is 10.8 Å². The van der Waals surface area contributed by atoms with Gasteiger partial charge in [0.15, 0.2) is 10.8 Å². The van der Waals surface area contributed by atoms with Crippen LogP contribution in [-0.4, -0.2) is 50.4 Å². The normalized spacial score (nSPS) is 10.2. The third-order valence-electron chi connectivity index (χ3n) is 2.48. The summed E-state index contributed by atoms with van der Waals surface area (Å²) in [6.45, 7) is 0.156. The van der Waals surface area contributed by atoms with Crippen LogP contribution >= 0.6 is 11.3 Å².